The van der Waals surface area contributed by atoms with Gasteiger partial charge in [0.2, 0.25) is 5.91 Å². The fourth-order valence-corrected chi connectivity index (χ4v) is 5.08. The van der Waals surface area contributed by atoms with Crippen LogP contribution >= 0.6 is 34.7 Å². The smallest absolute Gasteiger partial charge is 0.277 e. The highest BCUT2D eigenvalue weighted by Crippen LogP contribution is 2.30. The number of carbonyl (C=O) groups is 1. The van der Waals surface area contributed by atoms with Gasteiger partial charge in [-0.25, -0.2) is 9.66 Å². The number of nitrogens with zero attached hydrogens (tertiary/aromatic N) is 5. The molecule has 0 aliphatic heterocycles. The van der Waals surface area contributed by atoms with Crippen LogP contribution in [0.5, 0.6) is 0 Å². The molecule has 0 aliphatic carbocycles. The van der Waals surface area contributed by atoms with E-state index in [4.69, 9.17) is 11.6 Å². The van der Waals surface area contributed by atoms with Crippen molar-refractivity contribution in [2.45, 2.75) is 5.16 Å². The maximum atomic E-state index is 13.1. The summed E-state index contributed by atoms with van der Waals surface area (Å²) in [5, 5.41) is 11.5. The average Bonchev–Trinajstić information content (AvgIpc) is 3.48. The maximum absolute atomic E-state index is 13.1. The Balaban J connectivity index is 1.34. The summed E-state index contributed by atoms with van der Waals surface area (Å²) in [5.41, 5.74) is 4.77. The molecule has 0 fully saturated rings. The maximum Gasteiger partial charge on any atom is 0.281 e. The predicted molar refractivity (Wildman–Crippen MR) is 131 cm³/mol. The molecule has 3 aromatic heterocycles. The number of nitrogens with one attached hydrogen (secondary N) is 1. The predicted octanol–water partition coefficient (Wildman–Crippen LogP) is 4.22. The van der Waals surface area contributed by atoms with E-state index in [1.165, 1.54) is 29.4 Å². The highest BCUT2D eigenvalue weighted by Gasteiger charge is 2.15. The van der Waals surface area contributed by atoms with Crippen LogP contribution in [0.15, 0.2) is 82.6 Å². The largest absolute Gasteiger partial charge is 0.281 e. The molecule has 33 heavy (non-hydrogen) atoms. The molecule has 3 heterocycles. The van der Waals surface area contributed by atoms with Crippen LogP contribution in [0.2, 0.25) is 5.02 Å². The van der Waals surface area contributed by atoms with E-state index in [-0.39, 0.29) is 17.2 Å². The second kappa shape index (κ2) is 9.18. The van der Waals surface area contributed by atoms with Crippen LogP contribution in [0, 0.1) is 0 Å². The Kier molecular flexibility index (Phi) is 5.95. The molecule has 0 unspecified atom stereocenters. The Hall–Kier alpha value is -3.47. The van der Waals surface area contributed by atoms with E-state index in [0.29, 0.717) is 20.4 Å². The SMILES string of the molecule is O=C(CSc1nncn1-c1cccc(Cl)c1)Nn1cnc2scc(-c3ccccc3)c2c1=O. The lowest BCUT2D eigenvalue weighted by atomic mass is 10.1. The van der Waals surface area contributed by atoms with Crippen molar-refractivity contribution in [3.05, 3.63) is 88.0 Å². The van der Waals surface area contributed by atoms with Crippen molar-refractivity contribution in [2.75, 3.05) is 11.2 Å². The molecule has 0 atom stereocenters. The van der Waals surface area contributed by atoms with Crippen LogP contribution in [0.1, 0.15) is 0 Å². The third-order valence-electron chi connectivity index (χ3n) is 4.76. The van der Waals surface area contributed by atoms with Gasteiger partial charge in [0.15, 0.2) is 5.16 Å². The van der Waals surface area contributed by atoms with Crippen molar-refractivity contribution >= 4 is 50.8 Å². The molecule has 0 saturated heterocycles. The molecule has 164 valence electrons. The first-order chi connectivity index (χ1) is 16.1. The zero-order valence-corrected chi connectivity index (χ0v) is 19.3. The normalized spacial score (nSPS) is 11.1. The van der Waals surface area contributed by atoms with E-state index in [1.54, 1.807) is 23.0 Å². The summed E-state index contributed by atoms with van der Waals surface area (Å²) in [6.07, 6.45) is 2.88. The van der Waals surface area contributed by atoms with Gasteiger partial charge in [0.25, 0.3) is 5.56 Å². The molecule has 0 radical (unpaired) electrons. The van der Waals surface area contributed by atoms with Gasteiger partial charge in [0.05, 0.1) is 16.8 Å². The van der Waals surface area contributed by atoms with Gasteiger partial charge in [-0.05, 0) is 23.8 Å². The topological polar surface area (TPSA) is 94.7 Å². The molecule has 5 rings (SSSR count). The van der Waals surface area contributed by atoms with Gasteiger partial charge in [-0.3, -0.25) is 19.6 Å². The number of carbonyl (C=O) groups excluding carboxylic acids is 1. The van der Waals surface area contributed by atoms with E-state index in [1.807, 2.05) is 47.8 Å². The van der Waals surface area contributed by atoms with E-state index >= 15 is 0 Å². The number of halogens is 1. The summed E-state index contributed by atoms with van der Waals surface area (Å²) in [5.74, 6) is -0.348. The lowest BCUT2D eigenvalue weighted by Crippen LogP contribution is -2.34. The van der Waals surface area contributed by atoms with Gasteiger partial charge in [-0.2, -0.15) is 0 Å². The number of aromatic nitrogens is 5. The summed E-state index contributed by atoms with van der Waals surface area (Å²) in [7, 11) is 0. The Morgan fingerprint density at radius 1 is 1.12 bits per heavy atom. The first kappa shape index (κ1) is 21.4. The van der Waals surface area contributed by atoms with Crippen LogP contribution in [-0.2, 0) is 4.79 Å². The number of hydrogen-bond acceptors (Lipinski definition) is 7. The Morgan fingerprint density at radius 3 is 2.79 bits per heavy atom. The van der Waals surface area contributed by atoms with Gasteiger partial charge in [0.1, 0.15) is 17.5 Å². The molecular formula is C22H15ClN6O2S2. The Bertz CT molecular complexity index is 1510. The summed E-state index contributed by atoms with van der Waals surface area (Å²) >= 11 is 8.65. The fraction of sp³-hybridized carbons (Fsp3) is 0.0455. The van der Waals surface area contributed by atoms with Crippen molar-refractivity contribution in [3.8, 4) is 16.8 Å². The fourth-order valence-electron chi connectivity index (χ4n) is 3.26. The average molecular weight is 495 g/mol. The van der Waals surface area contributed by atoms with Crippen LogP contribution in [0.3, 0.4) is 0 Å². The minimum Gasteiger partial charge on any atom is -0.277 e. The standard InChI is InChI=1S/C22H15ClN6O2S2/c23-15-7-4-8-16(9-15)28-13-25-26-22(28)33-11-18(30)27-29-12-24-20-19(21(29)31)17(10-32-20)14-5-2-1-3-6-14/h1-10,12-13H,11H2,(H,27,30). The van der Waals surface area contributed by atoms with Gasteiger partial charge in [-0.15, -0.1) is 21.5 Å². The summed E-state index contributed by atoms with van der Waals surface area (Å²) in [4.78, 5) is 30.6. The quantitative estimate of drug-likeness (QED) is 0.355. The summed E-state index contributed by atoms with van der Waals surface area (Å²) in [6, 6.07) is 16.8. The molecule has 8 nitrogen and oxygen atoms in total. The molecule has 2 aromatic carbocycles. The molecule has 11 heteroatoms. The molecule has 0 bridgehead atoms. The van der Waals surface area contributed by atoms with E-state index in [0.717, 1.165) is 21.5 Å². The van der Waals surface area contributed by atoms with Gasteiger partial charge in [0, 0.05) is 16.0 Å². The number of thiophene rings is 1. The zero-order chi connectivity index (χ0) is 22.8. The first-order valence-electron chi connectivity index (χ1n) is 9.73. The van der Waals surface area contributed by atoms with Crippen LogP contribution in [-0.4, -0.2) is 36.1 Å². The van der Waals surface area contributed by atoms with Crippen molar-refractivity contribution in [3.63, 3.8) is 0 Å². The van der Waals surface area contributed by atoms with Crippen LogP contribution < -0.4 is 11.0 Å². The number of hydrogen-bond donors (Lipinski definition) is 1. The van der Waals surface area contributed by atoms with Crippen LogP contribution in [0.4, 0.5) is 0 Å². The minimum atomic E-state index is -0.375. The lowest BCUT2D eigenvalue weighted by molar-refractivity contribution is -0.114. The lowest BCUT2D eigenvalue weighted by Gasteiger charge is -2.09. The summed E-state index contributed by atoms with van der Waals surface area (Å²) < 4.78 is 2.85. The Morgan fingerprint density at radius 2 is 1.97 bits per heavy atom. The highest BCUT2D eigenvalue weighted by molar-refractivity contribution is 7.99. The highest BCUT2D eigenvalue weighted by atomic mass is 35.5. The van der Waals surface area contributed by atoms with E-state index in [2.05, 4.69) is 20.6 Å². The van der Waals surface area contributed by atoms with Gasteiger partial charge < -0.3 is 0 Å². The number of benzene rings is 2. The molecule has 0 aliphatic rings. The van der Waals surface area contributed by atoms with Crippen molar-refractivity contribution in [1.82, 2.24) is 24.4 Å². The van der Waals surface area contributed by atoms with Crippen molar-refractivity contribution in [2.24, 2.45) is 0 Å². The van der Waals surface area contributed by atoms with Gasteiger partial charge in [-0.1, -0.05) is 59.8 Å². The van der Waals surface area contributed by atoms with Crippen LogP contribution in [0.25, 0.3) is 27.0 Å². The summed E-state index contributed by atoms with van der Waals surface area (Å²) in [6.45, 7) is 0. The third-order valence-corrected chi connectivity index (χ3v) is 6.82. The molecule has 0 spiro atoms. The molecule has 0 saturated carbocycles. The molecule has 5 aromatic rings. The number of fused-ring (bicyclic) bond motifs is 1. The third kappa shape index (κ3) is 4.40. The van der Waals surface area contributed by atoms with E-state index < -0.39 is 0 Å². The van der Waals surface area contributed by atoms with Crippen molar-refractivity contribution in [1.29, 1.82) is 0 Å². The first-order valence-corrected chi connectivity index (χ1v) is 12.0. The molecule has 1 amide bonds. The van der Waals surface area contributed by atoms with Gasteiger partial charge >= 0.3 is 0 Å². The molecule has 1 N–H and O–H groups in total. The number of thioether (sulfide) groups is 1. The van der Waals surface area contributed by atoms with E-state index in [9.17, 15) is 9.59 Å². The second-order valence-corrected chi connectivity index (χ2v) is 9.14. The zero-order valence-electron chi connectivity index (χ0n) is 16.9. The van der Waals surface area contributed by atoms with Crippen molar-refractivity contribution < 1.29 is 4.79 Å². The number of rotatable bonds is 6. The second-order valence-electron chi connectivity index (χ2n) is 6.90. The number of amides is 1. The minimum absolute atomic E-state index is 0.0267. The monoisotopic (exact) mass is 494 g/mol. The molecular weight excluding hydrogens is 480 g/mol. The Labute approximate surface area is 200 Å².